The summed E-state index contributed by atoms with van der Waals surface area (Å²) >= 11 is 1.68. The van der Waals surface area contributed by atoms with Crippen LogP contribution in [-0.2, 0) is 4.74 Å². The van der Waals surface area contributed by atoms with Crippen LogP contribution in [0.15, 0.2) is 42.2 Å². The Hall–Kier alpha value is -1.15. The summed E-state index contributed by atoms with van der Waals surface area (Å²) in [5, 5.41) is 1.94. The number of thioether (sulfide) groups is 1. The van der Waals surface area contributed by atoms with E-state index >= 15 is 0 Å². The highest BCUT2D eigenvalue weighted by molar-refractivity contribution is 8.10. The highest BCUT2D eigenvalue weighted by Crippen LogP contribution is 2.30. The molecular weight excluding hydrogens is 180 g/mol. The van der Waals surface area contributed by atoms with E-state index < -0.39 is 0 Å². The first-order valence-corrected chi connectivity index (χ1v) is 4.98. The molecule has 0 amide bonds. The van der Waals surface area contributed by atoms with Gasteiger partial charge < -0.3 is 4.74 Å². The molecule has 0 unspecified atom stereocenters. The Labute approximate surface area is 82.1 Å². The quantitative estimate of drug-likeness (QED) is 0.670. The summed E-state index contributed by atoms with van der Waals surface area (Å²) in [6, 6.07) is 8.43. The molecule has 1 aromatic rings. The van der Waals surface area contributed by atoms with E-state index in [1.807, 2.05) is 5.41 Å². The summed E-state index contributed by atoms with van der Waals surface area (Å²) in [5.74, 6) is 0. The van der Waals surface area contributed by atoms with E-state index in [2.05, 4.69) is 31.2 Å². The highest BCUT2D eigenvalue weighted by atomic mass is 32.2. The van der Waals surface area contributed by atoms with Crippen LogP contribution in [0, 0.1) is 6.92 Å². The van der Waals surface area contributed by atoms with Crippen LogP contribution in [0.2, 0.25) is 0 Å². The molecule has 2 heteroatoms. The van der Waals surface area contributed by atoms with Gasteiger partial charge in [-0.05, 0) is 12.5 Å². The Bertz CT molecular complexity index is 349. The lowest BCUT2D eigenvalue weighted by Crippen LogP contribution is -1.83. The molecule has 1 aliphatic rings. The second-order valence-electron chi connectivity index (χ2n) is 2.87. The molecule has 0 fully saturated rings. The minimum atomic E-state index is 1.16. The molecule has 66 valence electrons. The average Bonchev–Trinajstić information content (AvgIpc) is 2.20. The van der Waals surface area contributed by atoms with Crippen LogP contribution >= 0.6 is 11.8 Å². The second-order valence-corrected chi connectivity index (χ2v) is 3.82. The summed E-state index contributed by atoms with van der Waals surface area (Å²) in [6.45, 7) is 2.09. The van der Waals surface area contributed by atoms with Crippen LogP contribution in [0.3, 0.4) is 0 Å². The average molecular weight is 190 g/mol. The minimum Gasteiger partial charge on any atom is -0.471 e. The van der Waals surface area contributed by atoms with Crippen LogP contribution in [-0.4, -0.2) is 0 Å². The molecule has 0 aromatic heterocycles. The van der Waals surface area contributed by atoms with Crippen molar-refractivity contribution in [2.75, 3.05) is 0 Å². The molecule has 2 rings (SSSR count). The first-order chi connectivity index (χ1) is 6.36. The van der Waals surface area contributed by atoms with Crippen molar-refractivity contribution in [3.8, 4) is 0 Å². The summed E-state index contributed by atoms with van der Waals surface area (Å²) in [7, 11) is 0. The Morgan fingerprint density at radius 3 is 2.54 bits per heavy atom. The molecule has 0 saturated heterocycles. The molecule has 1 aliphatic heterocycles. The van der Waals surface area contributed by atoms with Crippen molar-refractivity contribution in [2.45, 2.75) is 6.92 Å². The van der Waals surface area contributed by atoms with Crippen LogP contribution in [0.5, 0.6) is 0 Å². The van der Waals surface area contributed by atoms with Crippen LogP contribution < -0.4 is 0 Å². The SMILES string of the molecule is Cc1ccc(C2=COC=CS2)cc1. The van der Waals surface area contributed by atoms with Gasteiger partial charge in [0.15, 0.2) is 0 Å². The molecule has 13 heavy (non-hydrogen) atoms. The van der Waals surface area contributed by atoms with Crippen molar-refractivity contribution in [1.29, 1.82) is 0 Å². The van der Waals surface area contributed by atoms with Gasteiger partial charge in [-0.2, -0.15) is 0 Å². The van der Waals surface area contributed by atoms with Crippen molar-refractivity contribution in [3.05, 3.63) is 53.3 Å². The molecule has 0 atom stereocenters. The van der Waals surface area contributed by atoms with Gasteiger partial charge >= 0.3 is 0 Å². The zero-order valence-electron chi connectivity index (χ0n) is 7.36. The summed E-state index contributed by atoms with van der Waals surface area (Å²) in [6.07, 6.45) is 3.46. The van der Waals surface area contributed by atoms with E-state index in [4.69, 9.17) is 4.74 Å². The van der Waals surface area contributed by atoms with Crippen molar-refractivity contribution >= 4 is 16.7 Å². The van der Waals surface area contributed by atoms with Crippen molar-refractivity contribution in [3.63, 3.8) is 0 Å². The molecule has 0 radical (unpaired) electrons. The largest absolute Gasteiger partial charge is 0.471 e. The van der Waals surface area contributed by atoms with Crippen LogP contribution in [0.25, 0.3) is 4.91 Å². The van der Waals surface area contributed by atoms with E-state index in [1.54, 1.807) is 24.3 Å². The monoisotopic (exact) mass is 190 g/mol. The van der Waals surface area contributed by atoms with Gasteiger partial charge in [0.05, 0.1) is 11.2 Å². The Morgan fingerprint density at radius 1 is 1.15 bits per heavy atom. The first kappa shape index (κ1) is 8.45. The van der Waals surface area contributed by atoms with E-state index in [0.717, 1.165) is 4.91 Å². The first-order valence-electron chi connectivity index (χ1n) is 4.10. The number of hydrogen-bond acceptors (Lipinski definition) is 2. The van der Waals surface area contributed by atoms with Gasteiger partial charge in [-0.25, -0.2) is 0 Å². The predicted molar refractivity (Wildman–Crippen MR) is 57.0 cm³/mol. The number of benzene rings is 1. The zero-order valence-corrected chi connectivity index (χ0v) is 8.17. The molecule has 0 spiro atoms. The van der Waals surface area contributed by atoms with Crippen molar-refractivity contribution in [1.82, 2.24) is 0 Å². The minimum absolute atomic E-state index is 1.16. The van der Waals surface area contributed by atoms with E-state index in [1.165, 1.54) is 11.1 Å². The predicted octanol–water partition coefficient (Wildman–Crippen LogP) is 3.53. The Balaban J connectivity index is 2.25. The lowest BCUT2D eigenvalue weighted by Gasteiger charge is -2.07. The van der Waals surface area contributed by atoms with Gasteiger partial charge in [0.2, 0.25) is 0 Å². The summed E-state index contributed by atoms with van der Waals surface area (Å²) in [5.41, 5.74) is 2.49. The molecule has 1 nitrogen and oxygen atoms in total. The molecular formula is C11H10OS. The van der Waals surface area contributed by atoms with Gasteiger partial charge in [-0.3, -0.25) is 0 Å². The molecule has 0 aliphatic carbocycles. The lowest BCUT2D eigenvalue weighted by molar-refractivity contribution is 0.406. The van der Waals surface area contributed by atoms with E-state index in [9.17, 15) is 0 Å². The van der Waals surface area contributed by atoms with Crippen molar-refractivity contribution in [2.24, 2.45) is 0 Å². The van der Waals surface area contributed by atoms with Gasteiger partial charge in [0, 0.05) is 5.41 Å². The number of rotatable bonds is 1. The number of aryl methyl sites for hydroxylation is 1. The third kappa shape index (κ3) is 1.95. The molecule has 0 saturated carbocycles. The molecule has 0 bridgehead atoms. The van der Waals surface area contributed by atoms with Crippen LogP contribution in [0.1, 0.15) is 11.1 Å². The Kier molecular flexibility index (Phi) is 2.41. The van der Waals surface area contributed by atoms with Gasteiger partial charge in [0.1, 0.15) is 6.26 Å². The fourth-order valence-corrected chi connectivity index (χ4v) is 1.77. The third-order valence-electron chi connectivity index (χ3n) is 1.84. The maximum absolute atomic E-state index is 5.10. The van der Waals surface area contributed by atoms with Gasteiger partial charge in [0.25, 0.3) is 0 Å². The number of ether oxygens (including phenoxy) is 1. The van der Waals surface area contributed by atoms with E-state index in [-0.39, 0.29) is 0 Å². The van der Waals surface area contributed by atoms with E-state index in [0.29, 0.717) is 0 Å². The topological polar surface area (TPSA) is 9.23 Å². The number of hydrogen-bond donors (Lipinski definition) is 0. The van der Waals surface area contributed by atoms with Gasteiger partial charge in [-0.1, -0.05) is 41.6 Å². The third-order valence-corrected chi connectivity index (χ3v) is 2.67. The molecule has 0 N–H and O–H groups in total. The van der Waals surface area contributed by atoms with Gasteiger partial charge in [-0.15, -0.1) is 0 Å². The second kappa shape index (κ2) is 3.71. The fourth-order valence-electron chi connectivity index (χ4n) is 1.12. The van der Waals surface area contributed by atoms with Crippen molar-refractivity contribution < 1.29 is 4.74 Å². The smallest absolute Gasteiger partial charge is 0.105 e. The fraction of sp³-hybridized carbons (Fsp3) is 0.0909. The summed E-state index contributed by atoms with van der Waals surface area (Å²) < 4.78 is 5.10. The molecule has 1 heterocycles. The lowest BCUT2D eigenvalue weighted by atomic mass is 10.1. The van der Waals surface area contributed by atoms with Crippen LogP contribution in [0.4, 0.5) is 0 Å². The maximum atomic E-state index is 5.10. The molecule has 1 aromatic carbocycles. The standard InChI is InChI=1S/C11H10OS/c1-9-2-4-10(5-3-9)11-8-12-6-7-13-11/h2-8H,1H3. The normalized spacial score (nSPS) is 15.0. The zero-order chi connectivity index (χ0) is 9.10. The Morgan fingerprint density at radius 2 is 1.92 bits per heavy atom. The summed E-state index contributed by atoms with van der Waals surface area (Å²) in [4.78, 5) is 1.16. The maximum Gasteiger partial charge on any atom is 0.105 e. The highest BCUT2D eigenvalue weighted by Gasteiger charge is 2.03.